The summed E-state index contributed by atoms with van der Waals surface area (Å²) in [4.78, 5) is 21.8. The molecule has 1 aliphatic heterocycles. The van der Waals surface area contributed by atoms with Crippen molar-refractivity contribution in [2.45, 2.75) is 26.3 Å². The fraction of sp³-hybridized carbons (Fsp3) is 0.350. The number of aromatic nitrogens is 1. The van der Waals surface area contributed by atoms with Crippen LogP contribution in [0.3, 0.4) is 0 Å². The standard InChI is InChI=1S/C20H21ClFN3O3S/c1-3-8-27-11-15-16(20(26)28-4-2)17(13-6-5-12(22)10-14(13)21)25-18(24-15)19-23-7-9-29-19/h5-7,9-10,17H,3-4,8,11H2,1-2H3,(H,24,25). The highest BCUT2D eigenvalue weighted by molar-refractivity contribution is 7.11. The second-order valence-electron chi connectivity index (χ2n) is 6.17. The van der Waals surface area contributed by atoms with Gasteiger partial charge in [-0.3, -0.25) is 4.99 Å². The molecule has 1 aliphatic rings. The van der Waals surface area contributed by atoms with Gasteiger partial charge >= 0.3 is 5.97 Å². The highest BCUT2D eigenvalue weighted by Gasteiger charge is 2.34. The Morgan fingerprint density at radius 2 is 2.21 bits per heavy atom. The molecule has 0 aliphatic carbocycles. The summed E-state index contributed by atoms with van der Waals surface area (Å²) < 4.78 is 24.6. The van der Waals surface area contributed by atoms with E-state index in [1.165, 1.54) is 29.5 Å². The SMILES string of the molecule is CCCOCC1=C(C(=O)OCC)C(c2ccc(F)cc2Cl)N=C(c2nccs2)N1. The first kappa shape index (κ1) is 21.4. The summed E-state index contributed by atoms with van der Waals surface area (Å²) in [6, 6.07) is 3.24. The second kappa shape index (κ2) is 9.96. The molecular weight excluding hydrogens is 417 g/mol. The monoisotopic (exact) mass is 437 g/mol. The predicted molar refractivity (Wildman–Crippen MR) is 111 cm³/mol. The smallest absolute Gasteiger partial charge is 0.338 e. The van der Waals surface area contributed by atoms with Crippen LogP contribution in [0.5, 0.6) is 0 Å². The van der Waals surface area contributed by atoms with E-state index in [4.69, 9.17) is 21.1 Å². The van der Waals surface area contributed by atoms with Crippen LogP contribution in [-0.2, 0) is 14.3 Å². The summed E-state index contributed by atoms with van der Waals surface area (Å²) in [5.41, 5.74) is 1.32. The first-order chi connectivity index (χ1) is 14.0. The van der Waals surface area contributed by atoms with Crippen molar-refractivity contribution in [2.75, 3.05) is 19.8 Å². The van der Waals surface area contributed by atoms with E-state index in [1.807, 2.05) is 12.3 Å². The van der Waals surface area contributed by atoms with Crippen molar-refractivity contribution in [1.82, 2.24) is 10.3 Å². The number of halogens is 2. The fourth-order valence-electron chi connectivity index (χ4n) is 2.87. The highest BCUT2D eigenvalue weighted by atomic mass is 35.5. The molecule has 0 amide bonds. The third-order valence-corrected chi connectivity index (χ3v) is 5.22. The number of ether oxygens (including phenoxy) is 2. The van der Waals surface area contributed by atoms with Gasteiger partial charge < -0.3 is 14.8 Å². The number of nitrogens with zero attached hydrogens (tertiary/aromatic N) is 2. The normalized spacial score (nSPS) is 16.4. The Kier molecular flexibility index (Phi) is 7.35. The van der Waals surface area contributed by atoms with Gasteiger partial charge in [0, 0.05) is 28.8 Å². The second-order valence-corrected chi connectivity index (χ2v) is 7.48. The maximum Gasteiger partial charge on any atom is 0.338 e. The molecule has 154 valence electrons. The number of carbonyl (C=O) groups is 1. The maximum absolute atomic E-state index is 13.6. The summed E-state index contributed by atoms with van der Waals surface area (Å²) in [5, 5.41) is 5.83. The molecule has 1 aromatic heterocycles. The number of thiazole rings is 1. The molecule has 0 saturated carbocycles. The molecule has 29 heavy (non-hydrogen) atoms. The Balaban J connectivity index is 2.11. The van der Waals surface area contributed by atoms with Crippen LogP contribution in [0.2, 0.25) is 5.02 Å². The minimum atomic E-state index is -0.775. The number of hydrogen-bond acceptors (Lipinski definition) is 7. The molecule has 0 spiro atoms. The van der Waals surface area contributed by atoms with Crippen LogP contribution in [0.4, 0.5) is 4.39 Å². The molecule has 1 unspecified atom stereocenters. The zero-order valence-corrected chi connectivity index (χ0v) is 17.6. The Morgan fingerprint density at radius 3 is 2.86 bits per heavy atom. The van der Waals surface area contributed by atoms with Gasteiger partial charge in [-0.2, -0.15) is 0 Å². The molecule has 1 N–H and O–H groups in total. The van der Waals surface area contributed by atoms with Crippen LogP contribution in [0.1, 0.15) is 36.9 Å². The lowest BCUT2D eigenvalue weighted by Gasteiger charge is -2.27. The van der Waals surface area contributed by atoms with Crippen LogP contribution in [0.15, 0.2) is 46.0 Å². The number of hydrogen-bond donors (Lipinski definition) is 1. The van der Waals surface area contributed by atoms with E-state index < -0.39 is 17.8 Å². The Hall–Kier alpha value is -2.29. The average molecular weight is 438 g/mol. The first-order valence-electron chi connectivity index (χ1n) is 9.22. The van der Waals surface area contributed by atoms with Gasteiger partial charge in [0.25, 0.3) is 0 Å². The molecule has 3 rings (SSSR count). The van der Waals surface area contributed by atoms with Crippen molar-refractivity contribution in [3.63, 3.8) is 0 Å². The van der Waals surface area contributed by atoms with Gasteiger partial charge in [-0.05, 0) is 25.5 Å². The molecule has 2 heterocycles. The summed E-state index contributed by atoms with van der Waals surface area (Å²) in [5.74, 6) is -0.499. The van der Waals surface area contributed by atoms with Crippen molar-refractivity contribution in [2.24, 2.45) is 4.99 Å². The van der Waals surface area contributed by atoms with Crippen LogP contribution < -0.4 is 5.32 Å². The molecule has 0 fully saturated rings. The number of nitrogens with one attached hydrogen (secondary N) is 1. The van der Waals surface area contributed by atoms with E-state index in [9.17, 15) is 9.18 Å². The molecule has 2 aromatic rings. The maximum atomic E-state index is 13.6. The lowest BCUT2D eigenvalue weighted by Crippen LogP contribution is -2.35. The van der Waals surface area contributed by atoms with Gasteiger partial charge in [0.2, 0.25) is 0 Å². The first-order valence-corrected chi connectivity index (χ1v) is 10.5. The van der Waals surface area contributed by atoms with Gasteiger partial charge in [-0.1, -0.05) is 24.6 Å². The van der Waals surface area contributed by atoms with E-state index in [1.54, 1.807) is 13.1 Å². The van der Waals surface area contributed by atoms with E-state index >= 15 is 0 Å². The van der Waals surface area contributed by atoms with Crippen LogP contribution in [-0.4, -0.2) is 36.6 Å². The average Bonchev–Trinajstić information content (AvgIpc) is 3.22. The topological polar surface area (TPSA) is 72.8 Å². The molecule has 0 bridgehead atoms. The Labute approximate surface area is 177 Å². The number of esters is 1. The number of rotatable bonds is 8. The van der Waals surface area contributed by atoms with Crippen molar-refractivity contribution < 1.29 is 18.7 Å². The third-order valence-electron chi connectivity index (χ3n) is 4.11. The molecule has 9 heteroatoms. The molecule has 1 atom stereocenters. The van der Waals surface area contributed by atoms with Gasteiger partial charge in [-0.15, -0.1) is 11.3 Å². The van der Waals surface area contributed by atoms with Crippen molar-refractivity contribution in [3.05, 3.63) is 62.5 Å². The van der Waals surface area contributed by atoms with E-state index in [-0.39, 0.29) is 23.8 Å². The summed E-state index contributed by atoms with van der Waals surface area (Å²) in [6.07, 6.45) is 2.50. The zero-order chi connectivity index (χ0) is 20.8. The van der Waals surface area contributed by atoms with Crippen molar-refractivity contribution >= 4 is 34.7 Å². The number of aliphatic imine (C=N–C) groups is 1. The summed E-state index contributed by atoms with van der Waals surface area (Å²) in [6.45, 7) is 4.64. The minimum Gasteiger partial charge on any atom is -0.463 e. The number of benzene rings is 1. The number of carbonyl (C=O) groups excluding carboxylic acids is 1. The quantitative estimate of drug-likeness (QED) is 0.493. The minimum absolute atomic E-state index is 0.168. The molecule has 0 radical (unpaired) electrons. The van der Waals surface area contributed by atoms with Crippen molar-refractivity contribution in [1.29, 1.82) is 0 Å². The van der Waals surface area contributed by atoms with E-state index in [0.29, 0.717) is 28.7 Å². The van der Waals surface area contributed by atoms with Gasteiger partial charge in [-0.25, -0.2) is 14.2 Å². The Bertz CT molecular complexity index is 931. The van der Waals surface area contributed by atoms with Gasteiger partial charge in [0.15, 0.2) is 10.8 Å². The van der Waals surface area contributed by atoms with Crippen LogP contribution >= 0.6 is 22.9 Å². The third kappa shape index (κ3) is 5.01. The highest BCUT2D eigenvalue weighted by Crippen LogP contribution is 2.36. The fourth-order valence-corrected chi connectivity index (χ4v) is 3.73. The largest absolute Gasteiger partial charge is 0.463 e. The van der Waals surface area contributed by atoms with E-state index in [2.05, 4.69) is 15.3 Å². The van der Waals surface area contributed by atoms with Gasteiger partial charge in [0.05, 0.1) is 24.5 Å². The van der Waals surface area contributed by atoms with Gasteiger partial charge in [0.1, 0.15) is 11.9 Å². The molecule has 1 aromatic carbocycles. The zero-order valence-electron chi connectivity index (χ0n) is 16.1. The molecule has 0 saturated heterocycles. The summed E-state index contributed by atoms with van der Waals surface area (Å²) in [7, 11) is 0. The molecule has 6 nitrogen and oxygen atoms in total. The summed E-state index contributed by atoms with van der Waals surface area (Å²) >= 11 is 7.72. The van der Waals surface area contributed by atoms with E-state index in [0.717, 1.165) is 6.42 Å². The van der Waals surface area contributed by atoms with Crippen LogP contribution in [0.25, 0.3) is 0 Å². The lowest BCUT2D eigenvalue weighted by molar-refractivity contribution is -0.139. The van der Waals surface area contributed by atoms with Crippen molar-refractivity contribution in [3.8, 4) is 0 Å². The number of amidine groups is 1. The van der Waals surface area contributed by atoms with Crippen LogP contribution in [0, 0.1) is 5.82 Å². The predicted octanol–water partition coefficient (Wildman–Crippen LogP) is 4.27. The molecular formula is C20H21ClFN3O3S. The Morgan fingerprint density at radius 1 is 1.38 bits per heavy atom. The lowest BCUT2D eigenvalue weighted by atomic mass is 9.95.